The zero-order valence-electron chi connectivity index (χ0n) is 19.9. The fourth-order valence-electron chi connectivity index (χ4n) is 5.24. The number of aliphatic hydroxyl groups is 1. The highest BCUT2D eigenvalue weighted by Crippen LogP contribution is 2.47. The third-order valence-electron chi connectivity index (χ3n) is 7.16. The van der Waals surface area contributed by atoms with Gasteiger partial charge in [-0.25, -0.2) is 0 Å². The Morgan fingerprint density at radius 1 is 1.14 bits per heavy atom. The SMILES string of the molecule is CN1CCN(C(=O)C[C@@H]2C[C@@H]3c4cc(NC(=O)Cc5ccncc5)ccc4O[C@@H]3[C@H](CO)O2)CC1. The van der Waals surface area contributed by atoms with E-state index in [1.54, 1.807) is 12.4 Å². The Balaban J connectivity index is 1.26. The van der Waals surface area contributed by atoms with Gasteiger partial charge >= 0.3 is 0 Å². The van der Waals surface area contributed by atoms with Crippen LogP contribution in [-0.2, 0) is 20.7 Å². The molecule has 0 spiro atoms. The van der Waals surface area contributed by atoms with Gasteiger partial charge in [0.2, 0.25) is 11.8 Å². The molecule has 0 unspecified atom stereocenters. The summed E-state index contributed by atoms with van der Waals surface area (Å²) in [5, 5.41) is 13.0. The number of hydrogen-bond donors (Lipinski definition) is 2. The molecule has 0 aliphatic carbocycles. The van der Waals surface area contributed by atoms with Gasteiger partial charge in [0, 0.05) is 55.7 Å². The van der Waals surface area contributed by atoms with Crippen molar-refractivity contribution in [3.63, 3.8) is 0 Å². The van der Waals surface area contributed by atoms with E-state index in [1.807, 2.05) is 35.2 Å². The van der Waals surface area contributed by atoms with Crippen molar-refractivity contribution in [1.82, 2.24) is 14.8 Å². The fourth-order valence-corrected chi connectivity index (χ4v) is 5.24. The number of carbonyl (C=O) groups excluding carboxylic acids is 2. The molecular formula is C26H32N4O5. The van der Waals surface area contributed by atoms with Crippen molar-refractivity contribution in [2.45, 2.75) is 43.5 Å². The van der Waals surface area contributed by atoms with Gasteiger partial charge < -0.3 is 29.7 Å². The second-order valence-corrected chi connectivity index (χ2v) is 9.62. The quantitative estimate of drug-likeness (QED) is 0.645. The monoisotopic (exact) mass is 480 g/mol. The molecule has 1 aromatic carbocycles. The summed E-state index contributed by atoms with van der Waals surface area (Å²) in [6.45, 7) is 3.03. The first kappa shape index (κ1) is 23.7. The predicted molar refractivity (Wildman–Crippen MR) is 129 cm³/mol. The smallest absolute Gasteiger partial charge is 0.228 e. The molecule has 4 heterocycles. The van der Waals surface area contributed by atoms with Gasteiger partial charge in [0.25, 0.3) is 0 Å². The van der Waals surface area contributed by atoms with Crippen LogP contribution < -0.4 is 10.1 Å². The van der Waals surface area contributed by atoms with Crippen molar-refractivity contribution in [3.8, 4) is 5.75 Å². The highest BCUT2D eigenvalue weighted by molar-refractivity contribution is 5.92. The summed E-state index contributed by atoms with van der Waals surface area (Å²) in [5.74, 6) is 0.704. The summed E-state index contributed by atoms with van der Waals surface area (Å²) in [7, 11) is 2.06. The molecule has 2 amide bonds. The maximum absolute atomic E-state index is 12.9. The molecule has 2 saturated heterocycles. The van der Waals surface area contributed by atoms with Gasteiger partial charge in [-0.2, -0.15) is 0 Å². The van der Waals surface area contributed by atoms with E-state index in [4.69, 9.17) is 9.47 Å². The van der Waals surface area contributed by atoms with E-state index in [9.17, 15) is 14.7 Å². The number of amides is 2. The maximum atomic E-state index is 12.9. The molecule has 5 rings (SSSR count). The lowest BCUT2D eigenvalue weighted by atomic mass is 9.84. The molecule has 2 aromatic rings. The van der Waals surface area contributed by atoms with Gasteiger partial charge in [-0.05, 0) is 49.4 Å². The van der Waals surface area contributed by atoms with E-state index in [0.29, 0.717) is 18.5 Å². The molecule has 3 aliphatic rings. The van der Waals surface area contributed by atoms with Crippen LogP contribution in [0.15, 0.2) is 42.7 Å². The molecule has 186 valence electrons. The van der Waals surface area contributed by atoms with Gasteiger partial charge in [-0.1, -0.05) is 0 Å². The van der Waals surface area contributed by atoms with Gasteiger partial charge in [-0.15, -0.1) is 0 Å². The van der Waals surface area contributed by atoms with Crippen LogP contribution in [0, 0.1) is 0 Å². The zero-order chi connectivity index (χ0) is 24.4. The van der Waals surface area contributed by atoms with Gasteiger partial charge in [0.15, 0.2) is 0 Å². The highest BCUT2D eigenvalue weighted by atomic mass is 16.6. The van der Waals surface area contributed by atoms with E-state index in [0.717, 1.165) is 43.1 Å². The number of aliphatic hydroxyl groups excluding tert-OH is 1. The lowest BCUT2D eigenvalue weighted by molar-refractivity contribution is -0.150. The van der Waals surface area contributed by atoms with E-state index < -0.39 is 6.10 Å². The number of carbonyl (C=O) groups is 2. The summed E-state index contributed by atoms with van der Waals surface area (Å²) in [4.78, 5) is 33.6. The summed E-state index contributed by atoms with van der Waals surface area (Å²) in [6.07, 6.45) is 3.41. The average molecular weight is 481 g/mol. The van der Waals surface area contributed by atoms with Gasteiger partial charge in [0.05, 0.1) is 25.6 Å². The number of piperazine rings is 1. The average Bonchev–Trinajstić information content (AvgIpc) is 3.22. The topological polar surface area (TPSA) is 104 Å². The Kier molecular flexibility index (Phi) is 6.99. The van der Waals surface area contributed by atoms with Crippen molar-refractivity contribution < 1.29 is 24.2 Å². The number of anilines is 1. The van der Waals surface area contributed by atoms with E-state index in [-0.39, 0.29) is 43.0 Å². The van der Waals surface area contributed by atoms with Crippen LogP contribution in [0.5, 0.6) is 5.75 Å². The second kappa shape index (κ2) is 10.3. The van der Waals surface area contributed by atoms with Gasteiger partial charge in [0.1, 0.15) is 18.0 Å². The first-order valence-corrected chi connectivity index (χ1v) is 12.2. The number of fused-ring (bicyclic) bond motifs is 3. The summed E-state index contributed by atoms with van der Waals surface area (Å²) >= 11 is 0. The standard InChI is InChI=1S/C26H32N4O5/c1-29-8-10-30(11-9-29)25(33)15-19-14-21-20-13-18(28-24(32)12-17-4-6-27-7-5-17)2-3-22(20)35-26(21)23(16-31)34-19/h2-7,13,19,21,23,26,31H,8-12,14-16H2,1H3,(H,28,32)/t19-,21+,23-,26-/m0/s1. The lowest BCUT2D eigenvalue weighted by Crippen LogP contribution is -2.50. The van der Waals surface area contributed by atoms with Crippen LogP contribution in [-0.4, -0.2) is 89.9 Å². The largest absolute Gasteiger partial charge is 0.487 e. The third-order valence-corrected chi connectivity index (χ3v) is 7.16. The number of likely N-dealkylation sites (N-methyl/N-ethyl adjacent to an activating group) is 1. The second-order valence-electron chi connectivity index (χ2n) is 9.62. The lowest BCUT2D eigenvalue weighted by Gasteiger charge is -2.38. The molecule has 35 heavy (non-hydrogen) atoms. The molecule has 9 nitrogen and oxygen atoms in total. The summed E-state index contributed by atoms with van der Waals surface area (Å²) < 4.78 is 12.3. The molecule has 2 fully saturated rings. The fraction of sp³-hybridized carbons (Fsp3) is 0.500. The number of nitrogens with one attached hydrogen (secondary N) is 1. The normalized spacial score (nSPS) is 25.9. The van der Waals surface area contributed by atoms with Crippen LogP contribution in [0.2, 0.25) is 0 Å². The van der Waals surface area contributed by atoms with Crippen molar-refractivity contribution in [2.75, 3.05) is 45.2 Å². The zero-order valence-corrected chi connectivity index (χ0v) is 19.9. The number of aromatic nitrogens is 1. The maximum Gasteiger partial charge on any atom is 0.228 e. The van der Waals surface area contributed by atoms with E-state index in [2.05, 4.69) is 22.2 Å². The van der Waals surface area contributed by atoms with Crippen molar-refractivity contribution in [3.05, 3.63) is 53.9 Å². The molecule has 0 bridgehead atoms. The molecule has 2 N–H and O–H groups in total. The van der Waals surface area contributed by atoms with Crippen LogP contribution >= 0.6 is 0 Å². The minimum absolute atomic E-state index is 0.0155. The first-order chi connectivity index (χ1) is 17.0. The molecular weight excluding hydrogens is 448 g/mol. The number of pyridine rings is 1. The van der Waals surface area contributed by atoms with Crippen LogP contribution in [0.4, 0.5) is 5.69 Å². The van der Waals surface area contributed by atoms with E-state index in [1.165, 1.54) is 0 Å². The van der Waals surface area contributed by atoms with E-state index >= 15 is 0 Å². The number of ether oxygens (including phenoxy) is 2. The van der Waals surface area contributed by atoms with Crippen molar-refractivity contribution in [2.24, 2.45) is 0 Å². The molecule has 0 radical (unpaired) electrons. The highest BCUT2D eigenvalue weighted by Gasteiger charge is 2.46. The molecule has 9 heteroatoms. The number of rotatable bonds is 6. The van der Waals surface area contributed by atoms with Crippen molar-refractivity contribution in [1.29, 1.82) is 0 Å². The number of nitrogens with zero attached hydrogens (tertiary/aromatic N) is 3. The molecule has 4 atom stereocenters. The Morgan fingerprint density at radius 2 is 1.91 bits per heavy atom. The van der Waals surface area contributed by atoms with Crippen LogP contribution in [0.25, 0.3) is 0 Å². The Bertz CT molecular complexity index is 1060. The molecule has 3 aliphatic heterocycles. The summed E-state index contributed by atoms with van der Waals surface area (Å²) in [5.41, 5.74) is 2.57. The first-order valence-electron chi connectivity index (χ1n) is 12.2. The minimum Gasteiger partial charge on any atom is -0.487 e. The molecule has 1 aromatic heterocycles. The molecule has 0 saturated carbocycles. The third kappa shape index (κ3) is 5.32. The van der Waals surface area contributed by atoms with Crippen LogP contribution in [0.1, 0.15) is 29.9 Å². The number of benzene rings is 1. The predicted octanol–water partition coefficient (Wildman–Crippen LogP) is 1.42. The van der Waals surface area contributed by atoms with Crippen LogP contribution in [0.3, 0.4) is 0 Å². The number of hydrogen-bond acceptors (Lipinski definition) is 7. The Labute approximate surface area is 205 Å². The Hall–Kier alpha value is -3.01. The Morgan fingerprint density at radius 3 is 2.66 bits per heavy atom. The minimum atomic E-state index is -0.504. The van der Waals surface area contributed by atoms with Gasteiger partial charge in [-0.3, -0.25) is 14.6 Å². The summed E-state index contributed by atoms with van der Waals surface area (Å²) in [6, 6.07) is 9.27. The van der Waals surface area contributed by atoms with Crippen molar-refractivity contribution >= 4 is 17.5 Å².